The molecule has 1 aliphatic heterocycles. The monoisotopic (exact) mass is 405 g/mol. The van der Waals surface area contributed by atoms with E-state index >= 15 is 0 Å². The second kappa shape index (κ2) is 9.86. The van der Waals surface area contributed by atoms with Crippen molar-refractivity contribution in [2.75, 3.05) is 32.5 Å². The number of pyridine rings is 1. The number of carbonyl (C=O) groups excluding carboxylic acids is 1. The van der Waals surface area contributed by atoms with Gasteiger partial charge in [0.05, 0.1) is 12.8 Å². The lowest BCUT2D eigenvalue weighted by atomic mass is 10.0. The van der Waals surface area contributed by atoms with E-state index < -0.39 is 11.7 Å². The van der Waals surface area contributed by atoms with Crippen LogP contribution in [0.15, 0.2) is 41.4 Å². The second-order valence-electron chi connectivity index (χ2n) is 6.60. The van der Waals surface area contributed by atoms with Gasteiger partial charge in [0.2, 0.25) is 5.88 Å². The maximum Gasteiger partial charge on any atom is 0.257 e. The van der Waals surface area contributed by atoms with Crippen molar-refractivity contribution in [3.05, 3.63) is 47.9 Å². The minimum Gasteiger partial charge on any atom is -0.438 e. The van der Waals surface area contributed by atoms with Gasteiger partial charge in [-0.3, -0.25) is 4.79 Å². The predicted octanol–water partition coefficient (Wildman–Crippen LogP) is 2.92. The Morgan fingerprint density at radius 3 is 2.89 bits per heavy atom. The number of nitrogens with one attached hydrogen (secondary N) is 1. The first-order chi connectivity index (χ1) is 13.6. The molecule has 0 aliphatic carbocycles. The van der Waals surface area contributed by atoms with Crippen molar-refractivity contribution >= 4 is 17.7 Å². The summed E-state index contributed by atoms with van der Waals surface area (Å²) < 4.78 is 19.5. The van der Waals surface area contributed by atoms with Crippen molar-refractivity contribution in [2.45, 2.75) is 23.8 Å². The van der Waals surface area contributed by atoms with Crippen molar-refractivity contribution in [1.29, 1.82) is 0 Å². The molecule has 0 unspecified atom stereocenters. The van der Waals surface area contributed by atoms with Gasteiger partial charge in [0, 0.05) is 30.6 Å². The number of halogens is 1. The molecule has 2 N–H and O–H groups in total. The number of benzene rings is 1. The highest BCUT2D eigenvalue weighted by molar-refractivity contribution is 7.98. The fourth-order valence-electron chi connectivity index (χ4n) is 3.15. The third kappa shape index (κ3) is 5.43. The molecule has 2 aromatic rings. The van der Waals surface area contributed by atoms with E-state index in [2.05, 4.69) is 15.2 Å². The van der Waals surface area contributed by atoms with E-state index in [4.69, 9.17) is 9.84 Å². The van der Waals surface area contributed by atoms with E-state index in [1.54, 1.807) is 17.8 Å². The summed E-state index contributed by atoms with van der Waals surface area (Å²) >= 11 is 1.57. The Hall–Kier alpha value is -2.16. The zero-order valence-corrected chi connectivity index (χ0v) is 16.5. The topological polar surface area (TPSA) is 74.7 Å². The highest BCUT2D eigenvalue weighted by Crippen LogP contribution is 2.27. The van der Waals surface area contributed by atoms with Crippen LogP contribution in [0.5, 0.6) is 11.6 Å². The summed E-state index contributed by atoms with van der Waals surface area (Å²) in [6, 6.07) is 8.56. The molecule has 1 aliphatic rings. The standard InChI is InChI=1S/C20H24FN3O3S/c1-28-17-4-2-3-16(12-17)27-20-18(11-14(21)13-22-20)19(26)23-15-5-7-24(8-6-15)9-10-25/h2-4,11-13,15,25H,5-10H2,1H3,(H,23,26). The Labute approximate surface area is 168 Å². The molecule has 2 heterocycles. The SMILES string of the molecule is CSc1cccc(Oc2ncc(F)cc2C(=O)NC2CCN(CCO)CC2)c1. The summed E-state index contributed by atoms with van der Waals surface area (Å²) in [6.07, 6.45) is 4.55. The number of β-amino-alcohol motifs (C(OH)–C–C–N with tert-alkyl or cyclic N) is 1. The molecular weight excluding hydrogens is 381 g/mol. The van der Waals surface area contributed by atoms with Gasteiger partial charge in [-0.05, 0) is 43.4 Å². The molecule has 6 nitrogen and oxygen atoms in total. The van der Waals surface area contributed by atoms with Gasteiger partial charge in [-0.25, -0.2) is 9.37 Å². The number of likely N-dealkylation sites (tertiary alicyclic amines) is 1. The Kier molecular flexibility index (Phi) is 7.24. The van der Waals surface area contributed by atoms with Crippen LogP contribution in [0.25, 0.3) is 0 Å². The molecule has 28 heavy (non-hydrogen) atoms. The van der Waals surface area contributed by atoms with E-state index in [1.165, 1.54) is 0 Å². The molecule has 1 fully saturated rings. The van der Waals surface area contributed by atoms with Crippen LogP contribution in [0.4, 0.5) is 4.39 Å². The Bertz CT molecular complexity index is 813. The lowest BCUT2D eigenvalue weighted by Gasteiger charge is -2.31. The molecule has 0 spiro atoms. The van der Waals surface area contributed by atoms with E-state index in [-0.39, 0.29) is 24.1 Å². The molecule has 1 saturated heterocycles. The van der Waals surface area contributed by atoms with Crippen LogP contribution >= 0.6 is 11.8 Å². The van der Waals surface area contributed by atoms with E-state index in [1.807, 2.05) is 24.5 Å². The number of ether oxygens (including phenoxy) is 1. The third-order valence-electron chi connectivity index (χ3n) is 4.66. The van der Waals surface area contributed by atoms with E-state index in [0.717, 1.165) is 43.1 Å². The van der Waals surface area contributed by atoms with Crippen molar-refractivity contribution < 1.29 is 19.0 Å². The minimum absolute atomic E-state index is 0.00150. The average Bonchev–Trinajstić information content (AvgIpc) is 2.71. The molecule has 0 bridgehead atoms. The van der Waals surface area contributed by atoms with Crippen LogP contribution in [0.1, 0.15) is 23.2 Å². The number of hydrogen-bond acceptors (Lipinski definition) is 6. The van der Waals surface area contributed by atoms with Gasteiger partial charge < -0.3 is 20.1 Å². The van der Waals surface area contributed by atoms with Gasteiger partial charge in [-0.15, -0.1) is 11.8 Å². The number of hydrogen-bond donors (Lipinski definition) is 2. The largest absolute Gasteiger partial charge is 0.438 e. The summed E-state index contributed by atoms with van der Waals surface area (Å²) in [6.45, 7) is 2.38. The molecule has 0 atom stereocenters. The van der Waals surface area contributed by atoms with Crippen LogP contribution < -0.4 is 10.1 Å². The van der Waals surface area contributed by atoms with Gasteiger partial charge in [0.25, 0.3) is 5.91 Å². The fourth-order valence-corrected chi connectivity index (χ4v) is 3.60. The zero-order chi connectivity index (χ0) is 19.9. The van der Waals surface area contributed by atoms with Crippen molar-refractivity contribution in [1.82, 2.24) is 15.2 Å². The predicted molar refractivity (Wildman–Crippen MR) is 107 cm³/mol. The Balaban J connectivity index is 1.70. The first-order valence-electron chi connectivity index (χ1n) is 9.20. The first-order valence-corrected chi connectivity index (χ1v) is 10.4. The van der Waals surface area contributed by atoms with Gasteiger partial charge in [0.1, 0.15) is 17.1 Å². The minimum atomic E-state index is -0.590. The Morgan fingerprint density at radius 2 is 2.18 bits per heavy atom. The summed E-state index contributed by atoms with van der Waals surface area (Å²) in [5.41, 5.74) is 0.0762. The summed E-state index contributed by atoms with van der Waals surface area (Å²) in [4.78, 5) is 19.9. The van der Waals surface area contributed by atoms with Crippen LogP contribution in [0.3, 0.4) is 0 Å². The van der Waals surface area contributed by atoms with Gasteiger partial charge in [-0.1, -0.05) is 6.07 Å². The summed E-state index contributed by atoms with van der Waals surface area (Å²) in [5.74, 6) is -0.371. The number of thioether (sulfide) groups is 1. The van der Waals surface area contributed by atoms with Gasteiger partial charge in [-0.2, -0.15) is 0 Å². The fraction of sp³-hybridized carbons (Fsp3) is 0.400. The zero-order valence-electron chi connectivity index (χ0n) is 15.7. The molecule has 1 amide bonds. The number of carbonyl (C=O) groups is 1. The Morgan fingerprint density at radius 1 is 1.39 bits per heavy atom. The number of piperidine rings is 1. The maximum atomic E-state index is 13.7. The second-order valence-corrected chi connectivity index (χ2v) is 7.48. The number of nitrogens with zero attached hydrogens (tertiary/aromatic N) is 2. The van der Waals surface area contributed by atoms with E-state index in [9.17, 15) is 9.18 Å². The molecule has 8 heteroatoms. The van der Waals surface area contributed by atoms with Gasteiger partial charge in [0.15, 0.2) is 0 Å². The van der Waals surface area contributed by atoms with Crippen LogP contribution in [0, 0.1) is 5.82 Å². The molecular formula is C20H24FN3O3S. The van der Waals surface area contributed by atoms with Crippen LogP contribution in [-0.2, 0) is 0 Å². The molecule has 3 rings (SSSR count). The maximum absolute atomic E-state index is 13.7. The van der Waals surface area contributed by atoms with E-state index in [0.29, 0.717) is 12.3 Å². The molecule has 150 valence electrons. The smallest absolute Gasteiger partial charge is 0.257 e. The average molecular weight is 405 g/mol. The summed E-state index contributed by atoms with van der Waals surface area (Å²) in [7, 11) is 0. The number of amides is 1. The van der Waals surface area contributed by atoms with Crippen molar-refractivity contribution in [3.8, 4) is 11.6 Å². The summed E-state index contributed by atoms with van der Waals surface area (Å²) in [5, 5.41) is 12.0. The third-order valence-corrected chi connectivity index (χ3v) is 5.38. The molecule has 1 aromatic heterocycles. The molecule has 0 saturated carbocycles. The quantitative estimate of drug-likeness (QED) is 0.690. The highest BCUT2D eigenvalue weighted by Gasteiger charge is 2.23. The van der Waals surface area contributed by atoms with Crippen molar-refractivity contribution in [2.24, 2.45) is 0 Å². The number of aliphatic hydroxyl groups excluding tert-OH is 1. The van der Waals surface area contributed by atoms with Crippen LogP contribution in [0.2, 0.25) is 0 Å². The van der Waals surface area contributed by atoms with Gasteiger partial charge >= 0.3 is 0 Å². The number of rotatable bonds is 7. The number of aromatic nitrogens is 1. The van der Waals surface area contributed by atoms with Crippen LogP contribution in [-0.4, -0.2) is 59.4 Å². The number of aliphatic hydroxyl groups is 1. The lowest BCUT2D eigenvalue weighted by Crippen LogP contribution is -2.45. The normalized spacial score (nSPS) is 15.4. The van der Waals surface area contributed by atoms with Crippen molar-refractivity contribution in [3.63, 3.8) is 0 Å². The first kappa shape index (κ1) is 20.6. The highest BCUT2D eigenvalue weighted by atomic mass is 32.2. The molecule has 1 aromatic carbocycles. The lowest BCUT2D eigenvalue weighted by molar-refractivity contribution is 0.0899. The molecule has 0 radical (unpaired) electrons.